The average Bonchev–Trinajstić information content (AvgIpc) is 3.21. The Morgan fingerprint density at radius 3 is 2.53 bits per heavy atom. The van der Waals surface area contributed by atoms with Crippen LogP contribution in [0.25, 0.3) is 0 Å². The summed E-state index contributed by atoms with van der Waals surface area (Å²) in [7, 11) is 0. The van der Waals surface area contributed by atoms with E-state index in [1.165, 1.54) is 17.8 Å². The van der Waals surface area contributed by atoms with E-state index in [1.54, 1.807) is 25.1 Å². The van der Waals surface area contributed by atoms with Crippen LogP contribution >= 0.6 is 11.8 Å². The van der Waals surface area contributed by atoms with E-state index >= 15 is 0 Å². The Kier molecular flexibility index (Phi) is 8.44. The highest BCUT2D eigenvalue weighted by molar-refractivity contribution is 7.99. The zero-order valence-electron chi connectivity index (χ0n) is 20.1. The number of benzene rings is 2. The molecule has 0 saturated carbocycles. The van der Waals surface area contributed by atoms with Gasteiger partial charge >= 0.3 is 0 Å². The van der Waals surface area contributed by atoms with E-state index in [4.69, 9.17) is 0 Å². The predicted molar refractivity (Wildman–Crippen MR) is 132 cm³/mol. The number of halogens is 1. The number of anilines is 1. The molecule has 2 amide bonds. The number of aryl methyl sites for hydroxylation is 1. The van der Waals surface area contributed by atoms with Gasteiger partial charge in [0.1, 0.15) is 5.82 Å². The summed E-state index contributed by atoms with van der Waals surface area (Å²) in [6, 6.07) is 11.7. The highest BCUT2D eigenvalue weighted by Gasteiger charge is 2.26. The van der Waals surface area contributed by atoms with Crippen LogP contribution in [-0.4, -0.2) is 32.3 Å². The van der Waals surface area contributed by atoms with Crippen LogP contribution in [0.1, 0.15) is 54.1 Å². The molecule has 0 saturated heterocycles. The van der Waals surface area contributed by atoms with Crippen LogP contribution in [0.2, 0.25) is 0 Å². The molecule has 0 aliphatic rings. The maximum atomic E-state index is 13.7. The van der Waals surface area contributed by atoms with Crippen molar-refractivity contribution in [3.05, 3.63) is 70.8 Å². The molecule has 0 aliphatic carbocycles. The number of rotatable bonds is 9. The molecule has 3 aromatic rings. The highest BCUT2D eigenvalue weighted by atomic mass is 32.2. The van der Waals surface area contributed by atoms with Crippen LogP contribution in [0, 0.1) is 25.6 Å². The minimum Gasteiger partial charge on any atom is -0.342 e. The van der Waals surface area contributed by atoms with Crippen LogP contribution < -0.4 is 10.6 Å². The lowest BCUT2D eigenvalue weighted by molar-refractivity contribution is -0.113. The first kappa shape index (κ1) is 25.4. The Hall–Kier alpha value is -3.20. The lowest BCUT2D eigenvalue weighted by Gasteiger charge is -2.22. The van der Waals surface area contributed by atoms with E-state index in [-0.39, 0.29) is 35.3 Å². The van der Waals surface area contributed by atoms with Crippen molar-refractivity contribution in [2.45, 2.75) is 52.4 Å². The second kappa shape index (κ2) is 11.3. The van der Waals surface area contributed by atoms with Crippen LogP contribution in [0.4, 0.5) is 10.1 Å². The Bertz CT molecular complexity index is 1180. The molecule has 2 aromatic carbocycles. The summed E-state index contributed by atoms with van der Waals surface area (Å²) < 4.78 is 15.6. The lowest BCUT2D eigenvalue weighted by atomic mass is 10.0. The maximum absolute atomic E-state index is 13.7. The topological polar surface area (TPSA) is 88.9 Å². The number of nitrogens with one attached hydrogen (secondary N) is 2. The molecule has 0 unspecified atom stereocenters. The highest BCUT2D eigenvalue weighted by Crippen LogP contribution is 2.26. The second-order valence-electron chi connectivity index (χ2n) is 8.40. The number of carbonyl (C=O) groups excluding carboxylic acids is 2. The van der Waals surface area contributed by atoms with Gasteiger partial charge in [-0.15, -0.1) is 10.2 Å². The van der Waals surface area contributed by atoms with Crippen molar-refractivity contribution in [1.29, 1.82) is 0 Å². The summed E-state index contributed by atoms with van der Waals surface area (Å²) in [4.78, 5) is 25.3. The Morgan fingerprint density at radius 2 is 1.85 bits per heavy atom. The van der Waals surface area contributed by atoms with Crippen molar-refractivity contribution in [1.82, 2.24) is 20.1 Å². The average molecular weight is 484 g/mol. The fourth-order valence-corrected chi connectivity index (χ4v) is 4.34. The smallest absolute Gasteiger partial charge is 0.251 e. The largest absolute Gasteiger partial charge is 0.342 e. The second-order valence-corrected chi connectivity index (χ2v) is 9.34. The molecule has 1 aromatic heterocycles. The number of carbonyl (C=O) groups is 2. The molecule has 0 spiro atoms. The molecule has 7 nitrogen and oxygen atoms in total. The SMILES string of the molecule is CCn1c(SCC(=O)Nc2cccc(F)c2C)nnc1[C@@H](NC(=O)c1cccc(C)c1)C(C)C. The molecule has 2 N–H and O–H groups in total. The molecule has 9 heteroatoms. The van der Waals surface area contributed by atoms with E-state index in [0.717, 1.165) is 5.56 Å². The standard InChI is InChI=1S/C25H30FN5O2S/c1-6-31-23(22(15(2)3)28-24(33)18-10-7-9-16(4)13-18)29-30-25(31)34-14-21(32)27-20-12-8-11-19(26)17(20)5/h7-13,15,22H,6,14H2,1-5H3,(H,27,32)(H,28,33)/t22-/m0/s1. The lowest BCUT2D eigenvalue weighted by Crippen LogP contribution is -2.33. The molecular formula is C25H30FN5O2S. The normalized spacial score (nSPS) is 12.0. The first-order valence-electron chi connectivity index (χ1n) is 11.2. The minimum absolute atomic E-state index is 0.0698. The van der Waals surface area contributed by atoms with Gasteiger partial charge < -0.3 is 15.2 Å². The van der Waals surface area contributed by atoms with E-state index in [1.807, 2.05) is 50.5 Å². The van der Waals surface area contributed by atoms with Crippen LogP contribution in [0.3, 0.4) is 0 Å². The van der Waals surface area contributed by atoms with Crippen molar-refractivity contribution in [2.75, 3.05) is 11.1 Å². The van der Waals surface area contributed by atoms with Crippen molar-refractivity contribution >= 4 is 29.3 Å². The van der Waals surface area contributed by atoms with Gasteiger partial charge in [0.2, 0.25) is 5.91 Å². The van der Waals surface area contributed by atoms with Crippen LogP contribution in [0.15, 0.2) is 47.6 Å². The van der Waals surface area contributed by atoms with Crippen LogP contribution in [0.5, 0.6) is 0 Å². The molecule has 3 rings (SSSR count). The zero-order valence-corrected chi connectivity index (χ0v) is 20.9. The molecule has 1 atom stereocenters. The minimum atomic E-state index is -0.367. The van der Waals surface area contributed by atoms with Gasteiger partial charge in [0.25, 0.3) is 5.91 Å². The molecule has 0 radical (unpaired) electrons. The zero-order chi connectivity index (χ0) is 24.8. The first-order valence-corrected chi connectivity index (χ1v) is 12.2. The monoisotopic (exact) mass is 483 g/mol. The van der Waals surface area contributed by atoms with E-state index in [2.05, 4.69) is 20.8 Å². The van der Waals surface area contributed by atoms with Gasteiger partial charge in [-0.25, -0.2) is 4.39 Å². The van der Waals surface area contributed by atoms with E-state index < -0.39 is 0 Å². The summed E-state index contributed by atoms with van der Waals surface area (Å²) in [5.41, 5.74) is 2.44. The van der Waals surface area contributed by atoms with Gasteiger partial charge in [0.15, 0.2) is 11.0 Å². The Balaban J connectivity index is 1.72. The summed E-state index contributed by atoms with van der Waals surface area (Å²) in [5, 5.41) is 15.0. The van der Waals surface area contributed by atoms with Crippen molar-refractivity contribution in [2.24, 2.45) is 5.92 Å². The number of hydrogen-bond acceptors (Lipinski definition) is 5. The number of nitrogens with zero attached hydrogens (tertiary/aromatic N) is 3. The Labute approximate surface area is 203 Å². The van der Waals surface area contributed by atoms with Gasteiger partial charge in [-0.05, 0) is 51.0 Å². The summed E-state index contributed by atoms with van der Waals surface area (Å²) >= 11 is 1.25. The molecule has 1 heterocycles. The third kappa shape index (κ3) is 6.02. The molecular weight excluding hydrogens is 453 g/mol. The van der Waals surface area contributed by atoms with Gasteiger partial charge in [-0.3, -0.25) is 9.59 Å². The fourth-order valence-electron chi connectivity index (χ4n) is 3.53. The van der Waals surface area contributed by atoms with E-state index in [0.29, 0.717) is 34.3 Å². The van der Waals surface area contributed by atoms with Gasteiger partial charge in [0, 0.05) is 23.4 Å². The van der Waals surface area contributed by atoms with E-state index in [9.17, 15) is 14.0 Å². The van der Waals surface area contributed by atoms with Crippen LogP contribution in [-0.2, 0) is 11.3 Å². The van der Waals surface area contributed by atoms with Crippen molar-refractivity contribution in [3.8, 4) is 0 Å². The van der Waals surface area contributed by atoms with Gasteiger partial charge in [-0.1, -0.05) is 49.4 Å². The van der Waals surface area contributed by atoms with Gasteiger partial charge in [0.05, 0.1) is 11.8 Å². The number of thioether (sulfide) groups is 1. The van der Waals surface area contributed by atoms with Crippen molar-refractivity contribution < 1.29 is 14.0 Å². The number of amides is 2. The molecule has 34 heavy (non-hydrogen) atoms. The summed E-state index contributed by atoms with van der Waals surface area (Å²) in [6.45, 7) is 10.1. The summed E-state index contributed by atoms with van der Waals surface area (Å²) in [5.74, 6) is -0.00188. The molecule has 0 bridgehead atoms. The maximum Gasteiger partial charge on any atom is 0.251 e. The first-order chi connectivity index (χ1) is 16.2. The number of aromatic nitrogens is 3. The van der Waals surface area contributed by atoms with Crippen molar-refractivity contribution in [3.63, 3.8) is 0 Å². The quantitative estimate of drug-likeness (QED) is 0.422. The molecule has 0 aliphatic heterocycles. The predicted octanol–water partition coefficient (Wildman–Crippen LogP) is 4.91. The Morgan fingerprint density at radius 1 is 1.12 bits per heavy atom. The molecule has 180 valence electrons. The molecule has 0 fully saturated rings. The third-order valence-electron chi connectivity index (χ3n) is 5.45. The third-order valence-corrected chi connectivity index (χ3v) is 6.41. The van der Waals surface area contributed by atoms with Gasteiger partial charge in [-0.2, -0.15) is 0 Å². The fraction of sp³-hybridized carbons (Fsp3) is 0.360. The summed E-state index contributed by atoms with van der Waals surface area (Å²) in [6.07, 6.45) is 0. The number of hydrogen-bond donors (Lipinski definition) is 2.